The molecule has 192 valence electrons. The molecule has 4 rings (SSSR count). The van der Waals surface area contributed by atoms with Gasteiger partial charge in [-0.15, -0.1) is 0 Å². The molecular weight excluding hydrogens is 476 g/mol. The number of ether oxygens (including phenoxy) is 3. The summed E-state index contributed by atoms with van der Waals surface area (Å²) >= 11 is 0. The fourth-order valence-electron chi connectivity index (χ4n) is 4.09. The minimum atomic E-state index is -0.542. The van der Waals surface area contributed by atoms with E-state index in [1.807, 2.05) is 13.0 Å². The van der Waals surface area contributed by atoms with Crippen LogP contribution in [0.1, 0.15) is 35.6 Å². The van der Waals surface area contributed by atoms with Crippen LogP contribution < -0.4 is 25.5 Å². The van der Waals surface area contributed by atoms with Gasteiger partial charge in [0.2, 0.25) is 5.75 Å². The van der Waals surface area contributed by atoms with Gasteiger partial charge in [0.15, 0.2) is 22.7 Å². The summed E-state index contributed by atoms with van der Waals surface area (Å²) in [6.07, 6.45) is 3.49. The number of esters is 1. The first kappa shape index (κ1) is 25.5. The van der Waals surface area contributed by atoms with Gasteiger partial charge in [0.1, 0.15) is 5.82 Å². The van der Waals surface area contributed by atoms with Crippen LogP contribution in [0.3, 0.4) is 0 Å². The van der Waals surface area contributed by atoms with Crippen LogP contribution in [0, 0.1) is 0 Å². The monoisotopic (exact) mass is 504 g/mol. The molecule has 0 spiro atoms. The minimum absolute atomic E-state index is 0.158. The molecule has 0 amide bonds. The molecule has 2 aromatic heterocycles. The maximum Gasteiger partial charge on any atom is 0.343 e. The van der Waals surface area contributed by atoms with Crippen LogP contribution >= 0.6 is 0 Å². The van der Waals surface area contributed by atoms with E-state index in [2.05, 4.69) is 4.98 Å². The zero-order valence-corrected chi connectivity index (χ0v) is 21.3. The predicted molar refractivity (Wildman–Crippen MR) is 140 cm³/mol. The molecule has 2 aromatic carbocycles. The van der Waals surface area contributed by atoms with Crippen molar-refractivity contribution in [1.82, 2.24) is 18.7 Å². The Morgan fingerprint density at radius 1 is 0.946 bits per heavy atom. The molecule has 4 aromatic rings. The van der Waals surface area contributed by atoms with Gasteiger partial charge in [-0.2, -0.15) is 0 Å². The summed E-state index contributed by atoms with van der Waals surface area (Å²) < 4.78 is 20.9. The lowest BCUT2D eigenvalue weighted by atomic mass is 10.1. The van der Waals surface area contributed by atoms with Gasteiger partial charge in [-0.05, 0) is 49.8 Å². The Labute approximate surface area is 213 Å². The Balaban J connectivity index is 1.74. The van der Waals surface area contributed by atoms with E-state index in [0.717, 1.165) is 0 Å². The van der Waals surface area contributed by atoms with Crippen molar-refractivity contribution in [3.05, 3.63) is 80.3 Å². The highest BCUT2D eigenvalue weighted by molar-refractivity contribution is 5.92. The standard InChI is InChI=1S/C27H28N4O6/c1-6-30-24-22(25(32)31(7-2)27(30)34)29(3)21(28-24)14-13-17-15-19(35-4)23(20(16-17)36-5)37-26(33)18-11-9-8-10-12-18/h8-16H,6-7H2,1-5H3. The van der Waals surface area contributed by atoms with Crippen LogP contribution in [0.25, 0.3) is 23.3 Å². The highest BCUT2D eigenvalue weighted by Crippen LogP contribution is 2.39. The van der Waals surface area contributed by atoms with Gasteiger partial charge in [-0.1, -0.05) is 24.3 Å². The Morgan fingerprint density at radius 2 is 1.57 bits per heavy atom. The number of aromatic nitrogens is 4. The summed E-state index contributed by atoms with van der Waals surface area (Å²) in [7, 11) is 4.67. The molecule has 0 bridgehead atoms. The average molecular weight is 505 g/mol. The van der Waals surface area contributed by atoms with Crippen molar-refractivity contribution in [3.8, 4) is 17.2 Å². The molecule has 0 saturated heterocycles. The van der Waals surface area contributed by atoms with Crippen LogP contribution in [0.4, 0.5) is 0 Å². The number of carbonyl (C=O) groups excluding carboxylic acids is 1. The van der Waals surface area contributed by atoms with Crippen LogP contribution in [-0.4, -0.2) is 38.9 Å². The minimum Gasteiger partial charge on any atom is -0.493 e. The van der Waals surface area contributed by atoms with Crippen molar-refractivity contribution >= 4 is 29.3 Å². The highest BCUT2D eigenvalue weighted by atomic mass is 16.6. The zero-order valence-electron chi connectivity index (χ0n) is 21.3. The molecule has 0 aliphatic carbocycles. The highest BCUT2D eigenvalue weighted by Gasteiger charge is 2.20. The van der Waals surface area contributed by atoms with Crippen molar-refractivity contribution in [2.75, 3.05) is 14.2 Å². The fourth-order valence-corrected chi connectivity index (χ4v) is 4.09. The third-order valence-electron chi connectivity index (χ3n) is 6.02. The van der Waals surface area contributed by atoms with Crippen molar-refractivity contribution in [2.45, 2.75) is 26.9 Å². The third kappa shape index (κ3) is 4.65. The quantitative estimate of drug-likeness (QED) is 0.268. The number of carbonyl (C=O) groups is 1. The second kappa shape index (κ2) is 10.6. The molecular formula is C27H28N4O6. The second-order valence-electron chi connectivity index (χ2n) is 8.12. The SMILES string of the molecule is CCn1c(=O)c2c(nc(C=Cc3cc(OC)c(OC(=O)c4ccccc4)c(OC)c3)n2C)n(CC)c1=O. The fraction of sp³-hybridized carbons (Fsp3) is 0.259. The van der Waals surface area contributed by atoms with Crippen LogP contribution in [-0.2, 0) is 20.1 Å². The number of aryl methyl sites for hydroxylation is 2. The van der Waals surface area contributed by atoms with Crippen molar-refractivity contribution in [2.24, 2.45) is 7.05 Å². The third-order valence-corrected chi connectivity index (χ3v) is 6.02. The van der Waals surface area contributed by atoms with E-state index < -0.39 is 5.97 Å². The lowest BCUT2D eigenvalue weighted by Gasteiger charge is -2.14. The smallest absolute Gasteiger partial charge is 0.343 e. The summed E-state index contributed by atoms with van der Waals surface area (Å²) in [5.41, 5.74) is 0.995. The van der Waals surface area contributed by atoms with Gasteiger partial charge in [0.05, 0.1) is 19.8 Å². The first-order chi connectivity index (χ1) is 17.8. The largest absolute Gasteiger partial charge is 0.493 e. The van der Waals surface area contributed by atoms with Crippen molar-refractivity contribution in [1.29, 1.82) is 0 Å². The number of benzene rings is 2. The number of imidazole rings is 1. The molecule has 0 aliphatic rings. The van der Waals surface area contributed by atoms with Gasteiger partial charge < -0.3 is 18.8 Å². The van der Waals surface area contributed by atoms with Gasteiger partial charge in [-0.3, -0.25) is 13.9 Å². The molecule has 0 saturated carbocycles. The Kier molecular flexibility index (Phi) is 7.28. The van der Waals surface area contributed by atoms with E-state index in [1.165, 1.54) is 23.4 Å². The van der Waals surface area contributed by atoms with Crippen LogP contribution in [0.5, 0.6) is 17.2 Å². The number of hydrogen-bond acceptors (Lipinski definition) is 7. The number of hydrogen-bond donors (Lipinski definition) is 0. The molecule has 0 N–H and O–H groups in total. The molecule has 0 radical (unpaired) electrons. The topological polar surface area (TPSA) is 107 Å². The van der Waals surface area contributed by atoms with Crippen LogP contribution in [0.15, 0.2) is 52.1 Å². The van der Waals surface area contributed by atoms with Gasteiger partial charge >= 0.3 is 11.7 Å². The molecule has 10 heteroatoms. The maximum absolute atomic E-state index is 12.9. The summed E-state index contributed by atoms with van der Waals surface area (Å²) in [6, 6.07) is 12.0. The van der Waals surface area contributed by atoms with Crippen LogP contribution in [0.2, 0.25) is 0 Å². The predicted octanol–water partition coefficient (Wildman–Crippen LogP) is 3.34. The summed E-state index contributed by atoms with van der Waals surface area (Å²) in [5, 5.41) is 0. The second-order valence-corrected chi connectivity index (χ2v) is 8.12. The number of rotatable bonds is 8. The summed E-state index contributed by atoms with van der Waals surface area (Å²) in [4.78, 5) is 42.8. The van der Waals surface area contributed by atoms with Crippen molar-refractivity contribution in [3.63, 3.8) is 0 Å². The Bertz CT molecular complexity index is 1590. The van der Waals surface area contributed by atoms with E-state index in [0.29, 0.717) is 46.2 Å². The van der Waals surface area contributed by atoms with Gasteiger partial charge in [0.25, 0.3) is 5.56 Å². The number of nitrogens with zero attached hydrogens (tertiary/aromatic N) is 4. The first-order valence-electron chi connectivity index (χ1n) is 11.8. The van der Waals surface area contributed by atoms with Crippen molar-refractivity contribution < 1.29 is 19.0 Å². The molecule has 37 heavy (non-hydrogen) atoms. The van der Waals surface area contributed by atoms with E-state index >= 15 is 0 Å². The van der Waals surface area contributed by atoms with Gasteiger partial charge in [-0.25, -0.2) is 14.6 Å². The maximum atomic E-state index is 12.9. The first-order valence-corrected chi connectivity index (χ1v) is 11.8. The normalized spacial score (nSPS) is 11.3. The zero-order chi connectivity index (χ0) is 26.7. The van der Waals surface area contributed by atoms with E-state index in [9.17, 15) is 14.4 Å². The Hall–Kier alpha value is -4.60. The molecule has 0 atom stereocenters. The molecule has 0 aliphatic heterocycles. The number of methoxy groups -OCH3 is 2. The van der Waals surface area contributed by atoms with Gasteiger partial charge in [0, 0.05) is 20.1 Å². The molecule has 10 nitrogen and oxygen atoms in total. The lowest BCUT2D eigenvalue weighted by Crippen LogP contribution is -2.39. The lowest BCUT2D eigenvalue weighted by molar-refractivity contribution is 0.0724. The Morgan fingerprint density at radius 3 is 2.14 bits per heavy atom. The summed E-state index contributed by atoms with van der Waals surface area (Å²) in [5.74, 6) is 0.712. The van der Waals surface area contributed by atoms with E-state index in [-0.39, 0.29) is 23.5 Å². The summed E-state index contributed by atoms with van der Waals surface area (Å²) in [6.45, 7) is 4.24. The molecule has 0 unspecified atom stereocenters. The van der Waals surface area contributed by atoms with E-state index in [1.54, 1.807) is 67.1 Å². The van der Waals surface area contributed by atoms with E-state index in [4.69, 9.17) is 14.2 Å². The average Bonchev–Trinajstić information content (AvgIpc) is 3.24. The molecule has 0 fully saturated rings. The number of fused-ring (bicyclic) bond motifs is 1. The molecule has 2 heterocycles.